The number of aromatic nitrogens is 2. The van der Waals surface area contributed by atoms with E-state index in [0.29, 0.717) is 5.88 Å². The van der Waals surface area contributed by atoms with Crippen LogP contribution in [0.25, 0.3) is 0 Å². The van der Waals surface area contributed by atoms with Crippen molar-refractivity contribution >= 4 is 27.5 Å². The van der Waals surface area contributed by atoms with Gasteiger partial charge in [0.15, 0.2) is 0 Å². The van der Waals surface area contributed by atoms with Crippen molar-refractivity contribution in [1.29, 1.82) is 0 Å². The summed E-state index contributed by atoms with van der Waals surface area (Å²) in [5.74, 6) is 0.683. The molecule has 0 aliphatic heterocycles. The van der Waals surface area contributed by atoms with Crippen molar-refractivity contribution < 1.29 is 0 Å². The first-order valence-corrected chi connectivity index (χ1v) is 6.28. The quantitative estimate of drug-likeness (QED) is 0.612. The lowest BCUT2D eigenvalue weighted by atomic mass is 10.1. The highest BCUT2D eigenvalue weighted by atomic mass is 79.9. The van der Waals surface area contributed by atoms with Crippen molar-refractivity contribution in [2.24, 2.45) is 7.05 Å². The number of hydrogen-bond donors (Lipinski definition) is 0. The van der Waals surface area contributed by atoms with E-state index in [9.17, 15) is 0 Å². The lowest BCUT2D eigenvalue weighted by molar-refractivity contribution is 0.713. The molecule has 0 N–H and O–H groups in total. The number of allylic oxidation sites excluding steroid dienone is 2. The summed E-state index contributed by atoms with van der Waals surface area (Å²) in [4.78, 5) is 0. The maximum atomic E-state index is 5.64. The van der Waals surface area contributed by atoms with Crippen LogP contribution in [-0.4, -0.2) is 15.7 Å². The first kappa shape index (κ1) is 12.8. The summed E-state index contributed by atoms with van der Waals surface area (Å²) in [6.07, 6.45) is 4.04. The van der Waals surface area contributed by atoms with Gasteiger partial charge >= 0.3 is 0 Å². The highest BCUT2D eigenvalue weighted by Crippen LogP contribution is 2.22. The zero-order chi connectivity index (χ0) is 11.4. The topological polar surface area (TPSA) is 17.8 Å². The highest BCUT2D eigenvalue weighted by Gasteiger charge is 2.10. The first-order chi connectivity index (χ1) is 7.06. The molecule has 0 amide bonds. The van der Waals surface area contributed by atoms with E-state index in [1.807, 2.05) is 18.7 Å². The third-order valence-electron chi connectivity index (χ3n) is 2.31. The van der Waals surface area contributed by atoms with Gasteiger partial charge in [0.25, 0.3) is 0 Å². The van der Waals surface area contributed by atoms with Crippen LogP contribution in [0, 0.1) is 6.92 Å². The average molecular weight is 292 g/mol. The van der Waals surface area contributed by atoms with Crippen LogP contribution >= 0.6 is 27.5 Å². The molecule has 4 heteroatoms. The molecule has 0 aromatic carbocycles. The molecule has 84 valence electrons. The van der Waals surface area contributed by atoms with Crippen LogP contribution in [0.5, 0.6) is 0 Å². The number of nitrogens with zero attached hydrogens (tertiary/aromatic N) is 2. The Hall–Kier alpha value is -0.280. The molecule has 15 heavy (non-hydrogen) atoms. The van der Waals surface area contributed by atoms with Gasteiger partial charge < -0.3 is 0 Å². The molecule has 0 bridgehead atoms. The largest absolute Gasteiger partial charge is 0.271 e. The fraction of sp³-hybridized carbons (Fsp3) is 0.545. The van der Waals surface area contributed by atoms with Gasteiger partial charge in [-0.3, -0.25) is 4.68 Å². The normalized spacial score (nSPS) is 12.2. The Labute approximate surface area is 104 Å². The lowest BCUT2D eigenvalue weighted by Crippen LogP contribution is -1.99. The van der Waals surface area contributed by atoms with Gasteiger partial charge in [0.2, 0.25) is 0 Å². The average Bonchev–Trinajstić information content (AvgIpc) is 2.42. The SMILES string of the molecule is CC(=CCCCl)Cc1c(Br)c(C)nn1C. The minimum Gasteiger partial charge on any atom is -0.271 e. The summed E-state index contributed by atoms with van der Waals surface area (Å²) in [7, 11) is 1.97. The third kappa shape index (κ3) is 3.35. The Morgan fingerprint density at radius 1 is 1.60 bits per heavy atom. The summed E-state index contributed by atoms with van der Waals surface area (Å²) >= 11 is 9.20. The summed E-state index contributed by atoms with van der Waals surface area (Å²) < 4.78 is 3.04. The van der Waals surface area contributed by atoms with E-state index in [1.165, 1.54) is 11.3 Å². The molecule has 0 saturated heterocycles. The Kier molecular flexibility index (Phi) is 4.87. The zero-order valence-electron chi connectivity index (χ0n) is 9.35. The van der Waals surface area contributed by atoms with Crippen molar-refractivity contribution in [3.05, 3.63) is 27.5 Å². The van der Waals surface area contributed by atoms with Gasteiger partial charge in [-0.2, -0.15) is 5.10 Å². The van der Waals surface area contributed by atoms with Gasteiger partial charge in [0, 0.05) is 19.3 Å². The minimum absolute atomic E-state index is 0.683. The van der Waals surface area contributed by atoms with Crippen molar-refractivity contribution in [3.63, 3.8) is 0 Å². The summed E-state index contributed by atoms with van der Waals surface area (Å²) in [6.45, 7) is 4.13. The molecule has 1 heterocycles. The standard InChI is InChI=1S/C11H16BrClN2/c1-8(5-4-6-13)7-10-11(12)9(2)14-15(10)3/h5H,4,6-7H2,1-3H3. The maximum Gasteiger partial charge on any atom is 0.0738 e. The van der Waals surface area contributed by atoms with Crippen LogP contribution in [0.15, 0.2) is 16.1 Å². The van der Waals surface area contributed by atoms with E-state index >= 15 is 0 Å². The molecule has 0 atom stereocenters. The predicted octanol–water partition coefficient (Wildman–Crippen LogP) is 3.61. The molecule has 2 nitrogen and oxygen atoms in total. The summed E-state index contributed by atoms with van der Waals surface area (Å²) in [5.41, 5.74) is 3.59. The van der Waals surface area contributed by atoms with Crippen LogP contribution in [0.4, 0.5) is 0 Å². The zero-order valence-corrected chi connectivity index (χ0v) is 11.7. The lowest BCUT2D eigenvalue weighted by Gasteiger charge is -2.03. The molecule has 1 aromatic rings. The number of hydrogen-bond acceptors (Lipinski definition) is 1. The molecule has 0 saturated carbocycles. The molecular formula is C11H16BrClN2. The van der Waals surface area contributed by atoms with E-state index in [-0.39, 0.29) is 0 Å². The van der Waals surface area contributed by atoms with E-state index in [0.717, 1.165) is 23.0 Å². The minimum atomic E-state index is 0.683. The van der Waals surface area contributed by atoms with E-state index in [2.05, 4.69) is 34.0 Å². The van der Waals surface area contributed by atoms with Crippen LogP contribution in [0.2, 0.25) is 0 Å². The molecule has 1 aromatic heterocycles. The molecule has 0 aliphatic rings. The molecule has 0 fully saturated rings. The molecule has 0 aliphatic carbocycles. The predicted molar refractivity (Wildman–Crippen MR) is 68.4 cm³/mol. The van der Waals surface area contributed by atoms with Gasteiger partial charge in [-0.15, -0.1) is 11.6 Å². The highest BCUT2D eigenvalue weighted by molar-refractivity contribution is 9.10. The molecule has 0 radical (unpaired) electrons. The fourth-order valence-corrected chi connectivity index (χ4v) is 2.09. The monoisotopic (exact) mass is 290 g/mol. The van der Waals surface area contributed by atoms with Gasteiger partial charge in [0.1, 0.15) is 0 Å². The Bertz CT molecular complexity index is 369. The molecular weight excluding hydrogens is 275 g/mol. The van der Waals surface area contributed by atoms with Crippen LogP contribution < -0.4 is 0 Å². The second-order valence-electron chi connectivity index (χ2n) is 3.67. The van der Waals surface area contributed by atoms with Crippen LogP contribution in [-0.2, 0) is 13.5 Å². The van der Waals surface area contributed by atoms with Crippen molar-refractivity contribution in [3.8, 4) is 0 Å². The van der Waals surface area contributed by atoms with Crippen molar-refractivity contribution in [2.75, 3.05) is 5.88 Å². The van der Waals surface area contributed by atoms with E-state index < -0.39 is 0 Å². The fourth-order valence-electron chi connectivity index (χ4n) is 1.51. The molecule has 0 unspecified atom stereocenters. The number of aryl methyl sites for hydroxylation is 2. The molecule has 0 spiro atoms. The summed E-state index contributed by atoms with van der Waals surface area (Å²) in [5, 5.41) is 4.36. The van der Waals surface area contributed by atoms with Crippen molar-refractivity contribution in [2.45, 2.75) is 26.7 Å². The van der Waals surface area contributed by atoms with Crippen LogP contribution in [0.1, 0.15) is 24.7 Å². The van der Waals surface area contributed by atoms with Crippen LogP contribution in [0.3, 0.4) is 0 Å². The Balaban J connectivity index is 2.80. The maximum absolute atomic E-state index is 5.64. The van der Waals surface area contributed by atoms with E-state index in [1.54, 1.807) is 0 Å². The molecule has 1 rings (SSSR count). The number of halogens is 2. The second kappa shape index (κ2) is 5.71. The van der Waals surface area contributed by atoms with Gasteiger partial charge in [-0.25, -0.2) is 0 Å². The first-order valence-electron chi connectivity index (χ1n) is 4.95. The van der Waals surface area contributed by atoms with Crippen molar-refractivity contribution in [1.82, 2.24) is 9.78 Å². The second-order valence-corrected chi connectivity index (χ2v) is 4.85. The van der Waals surface area contributed by atoms with E-state index in [4.69, 9.17) is 11.6 Å². The smallest absolute Gasteiger partial charge is 0.0738 e. The third-order valence-corrected chi connectivity index (χ3v) is 3.56. The summed E-state index contributed by atoms with van der Waals surface area (Å²) in [6, 6.07) is 0. The van der Waals surface area contributed by atoms with Gasteiger partial charge in [-0.05, 0) is 36.2 Å². The Morgan fingerprint density at radius 3 is 2.73 bits per heavy atom. The number of rotatable bonds is 4. The Morgan fingerprint density at radius 2 is 2.27 bits per heavy atom. The number of alkyl halides is 1. The van der Waals surface area contributed by atoms with Gasteiger partial charge in [-0.1, -0.05) is 11.6 Å². The van der Waals surface area contributed by atoms with Gasteiger partial charge in [0.05, 0.1) is 15.9 Å².